The number of nitrogens with zero attached hydrogens (tertiary/aromatic N) is 4. The van der Waals surface area contributed by atoms with Crippen LogP contribution in [0.3, 0.4) is 0 Å². The van der Waals surface area contributed by atoms with Crippen molar-refractivity contribution in [3.8, 4) is 23.0 Å². The minimum absolute atomic E-state index is 0.226. The number of azo groups is 2. The molecule has 0 aliphatic rings. The molecule has 0 fully saturated rings. The number of aromatic hydroxyl groups is 4. The Labute approximate surface area is 170 Å². The van der Waals surface area contributed by atoms with E-state index in [0.717, 1.165) is 10.8 Å². The molecule has 0 aromatic heterocycles. The van der Waals surface area contributed by atoms with Crippen molar-refractivity contribution < 1.29 is 20.4 Å². The third-order valence-electron chi connectivity index (χ3n) is 4.34. The Balaban J connectivity index is 1.68. The van der Waals surface area contributed by atoms with Gasteiger partial charge in [0.25, 0.3) is 0 Å². The first kappa shape index (κ1) is 18.9. The van der Waals surface area contributed by atoms with Crippen molar-refractivity contribution in [3.63, 3.8) is 0 Å². The van der Waals surface area contributed by atoms with Crippen molar-refractivity contribution in [2.75, 3.05) is 0 Å². The number of fused-ring (bicyclic) bond motifs is 1. The van der Waals surface area contributed by atoms with Crippen LogP contribution in [0.5, 0.6) is 23.0 Å². The maximum atomic E-state index is 9.59. The van der Waals surface area contributed by atoms with Gasteiger partial charge in [0.1, 0.15) is 0 Å². The van der Waals surface area contributed by atoms with Crippen LogP contribution in [0.1, 0.15) is 0 Å². The largest absolute Gasteiger partial charge is 0.504 e. The van der Waals surface area contributed by atoms with Crippen molar-refractivity contribution in [3.05, 3.63) is 72.8 Å². The third kappa shape index (κ3) is 3.88. The summed E-state index contributed by atoms with van der Waals surface area (Å²) in [6, 6.07) is 19.4. The summed E-state index contributed by atoms with van der Waals surface area (Å²) in [6.07, 6.45) is 0. The molecule has 30 heavy (non-hydrogen) atoms. The molecule has 0 aliphatic carbocycles. The molecular formula is C22H16N4O4. The van der Waals surface area contributed by atoms with E-state index >= 15 is 0 Å². The lowest BCUT2D eigenvalue weighted by molar-refractivity contribution is 0.404. The van der Waals surface area contributed by atoms with Gasteiger partial charge in [-0.15, -0.1) is 10.2 Å². The van der Waals surface area contributed by atoms with Crippen LogP contribution in [0.4, 0.5) is 22.7 Å². The first-order chi connectivity index (χ1) is 14.5. The molecule has 148 valence electrons. The second kappa shape index (κ2) is 7.88. The molecular weight excluding hydrogens is 384 g/mol. The summed E-state index contributed by atoms with van der Waals surface area (Å²) < 4.78 is 0. The van der Waals surface area contributed by atoms with Gasteiger partial charge in [-0.2, -0.15) is 10.2 Å². The molecule has 0 atom stereocenters. The van der Waals surface area contributed by atoms with Gasteiger partial charge < -0.3 is 20.4 Å². The van der Waals surface area contributed by atoms with Crippen molar-refractivity contribution in [2.24, 2.45) is 20.5 Å². The molecule has 0 bridgehead atoms. The fourth-order valence-corrected chi connectivity index (χ4v) is 2.82. The highest BCUT2D eigenvalue weighted by molar-refractivity contribution is 5.99. The van der Waals surface area contributed by atoms with Gasteiger partial charge in [-0.25, -0.2) is 0 Å². The van der Waals surface area contributed by atoms with E-state index in [1.54, 1.807) is 12.1 Å². The molecule has 0 saturated heterocycles. The van der Waals surface area contributed by atoms with Gasteiger partial charge in [0.15, 0.2) is 23.0 Å². The van der Waals surface area contributed by atoms with E-state index in [-0.39, 0.29) is 23.0 Å². The van der Waals surface area contributed by atoms with Crippen LogP contribution in [-0.2, 0) is 0 Å². The fourth-order valence-electron chi connectivity index (χ4n) is 2.82. The summed E-state index contributed by atoms with van der Waals surface area (Å²) in [7, 11) is 0. The molecule has 0 heterocycles. The molecule has 0 spiro atoms. The Morgan fingerprint density at radius 3 is 1.27 bits per heavy atom. The summed E-state index contributed by atoms with van der Waals surface area (Å²) in [4.78, 5) is 0. The minimum Gasteiger partial charge on any atom is -0.504 e. The van der Waals surface area contributed by atoms with Crippen LogP contribution in [0.15, 0.2) is 93.3 Å². The van der Waals surface area contributed by atoms with Crippen LogP contribution in [0.25, 0.3) is 10.8 Å². The van der Waals surface area contributed by atoms with E-state index in [1.807, 2.05) is 24.3 Å². The molecule has 8 heteroatoms. The smallest absolute Gasteiger partial charge is 0.159 e. The van der Waals surface area contributed by atoms with Crippen molar-refractivity contribution in [1.29, 1.82) is 0 Å². The maximum absolute atomic E-state index is 9.59. The molecule has 0 unspecified atom stereocenters. The Kier molecular flexibility index (Phi) is 4.96. The second-order valence-electron chi connectivity index (χ2n) is 6.40. The van der Waals surface area contributed by atoms with Crippen molar-refractivity contribution in [2.45, 2.75) is 0 Å². The average Bonchev–Trinajstić information content (AvgIpc) is 2.75. The summed E-state index contributed by atoms with van der Waals surface area (Å²) in [5.41, 5.74) is 1.98. The third-order valence-corrected chi connectivity index (χ3v) is 4.34. The summed E-state index contributed by atoms with van der Waals surface area (Å²) in [5, 5.41) is 56.3. The highest BCUT2D eigenvalue weighted by Crippen LogP contribution is 2.36. The van der Waals surface area contributed by atoms with E-state index < -0.39 is 0 Å². The zero-order chi connectivity index (χ0) is 21.1. The second-order valence-corrected chi connectivity index (χ2v) is 6.40. The zero-order valence-electron chi connectivity index (χ0n) is 15.5. The lowest BCUT2D eigenvalue weighted by Crippen LogP contribution is -1.75. The molecule has 4 rings (SSSR count). The molecule has 4 aromatic carbocycles. The number of hydrogen-bond acceptors (Lipinski definition) is 8. The Bertz CT molecular complexity index is 1200. The maximum Gasteiger partial charge on any atom is 0.159 e. The molecule has 0 aliphatic heterocycles. The molecule has 4 aromatic rings. The van der Waals surface area contributed by atoms with Gasteiger partial charge in [-0.3, -0.25) is 0 Å². The molecule has 4 N–H and O–H groups in total. The fraction of sp³-hybridized carbons (Fsp3) is 0. The molecule has 8 nitrogen and oxygen atoms in total. The molecule has 0 radical (unpaired) electrons. The van der Waals surface area contributed by atoms with E-state index in [2.05, 4.69) is 20.5 Å². The van der Waals surface area contributed by atoms with Crippen LogP contribution >= 0.6 is 0 Å². The van der Waals surface area contributed by atoms with E-state index in [4.69, 9.17) is 0 Å². The van der Waals surface area contributed by atoms with Crippen LogP contribution in [-0.4, -0.2) is 20.4 Å². The number of benzene rings is 4. The highest BCUT2D eigenvalue weighted by atomic mass is 16.3. The number of phenolic OH excluding ortho intramolecular Hbond substituents is 4. The van der Waals surface area contributed by atoms with Crippen LogP contribution < -0.4 is 0 Å². The quantitative estimate of drug-likeness (QED) is 0.230. The number of rotatable bonds is 4. The molecule has 0 saturated carbocycles. The Hall–Kier alpha value is -4.46. The van der Waals surface area contributed by atoms with E-state index in [0.29, 0.717) is 22.7 Å². The average molecular weight is 400 g/mol. The van der Waals surface area contributed by atoms with Crippen LogP contribution in [0, 0.1) is 0 Å². The van der Waals surface area contributed by atoms with Gasteiger partial charge >= 0.3 is 0 Å². The highest BCUT2D eigenvalue weighted by Gasteiger charge is 2.06. The van der Waals surface area contributed by atoms with E-state index in [9.17, 15) is 20.4 Å². The normalized spacial score (nSPS) is 11.6. The van der Waals surface area contributed by atoms with Crippen molar-refractivity contribution >= 4 is 33.5 Å². The van der Waals surface area contributed by atoms with Gasteiger partial charge in [-0.1, -0.05) is 24.3 Å². The Morgan fingerprint density at radius 1 is 0.433 bits per heavy atom. The summed E-state index contributed by atoms with van der Waals surface area (Å²) in [6.45, 7) is 0. The molecule has 0 amide bonds. The number of hydrogen-bond donors (Lipinski definition) is 4. The standard InChI is InChI=1S/C22H16N4O4/c27-19-9-7-13(11-21(19)29)23-25-17-5-1-3-15-16(17)4-2-6-18(15)26-24-14-8-10-20(28)22(30)12-14/h1-12,27-30H. The van der Waals surface area contributed by atoms with E-state index in [1.165, 1.54) is 36.4 Å². The first-order valence-electron chi connectivity index (χ1n) is 8.90. The lowest BCUT2D eigenvalue weighted by atomic mass is 10.1. The first-order valence-corrected chi connectivity index (χ1v) is 8.90. The summed E-state index contributed by atoms with van der Waals surface area (Å²) >= 11 is 0. The SMILES string of the molecule is Oc1ccc(N=Nc2cccc3c(N=Nc4ccc(O)c(O)c4)cccc23)cc1O. The predicted molar refractivity (Wildman–Crippen MR) is 112 cm³/mol. The van der Waals surface area contributed by atoms with Gasteiger partial charge in [-0.05, 0) is 36.4 Å². The zero-order valence-corrected chi connectivity index (χ0v) is 15.5. The van der Waals surface area contributed by atoms with Crippen molar-refractivity contribution in [1.82, 2.24) is 0 Å². The Morgan fingerprint density at radius 2 is 0.867 bits per heavy atom. The van der Waals surface area contributed by atoms with Gasteiger partial charge in [0, 0.05) is 22.9 Å². The van der Waals surface area contributed by atoms with Gasteiger partial charge in [0.2, 0.25) is 0 Å². The monoisotopic (exact) mass is 400 g/mol. The lowest BCUT2D eigenvalue weighted by Gasteiger charge is -2.04. The van der Waals surface area contributed by atoms with Gasteiger partial charge in [0.05, 0.1) is 22.7 Å². The van der Waals surface area contributed by atoms with Crippen LogP contribution in [0.2, 0.25) is 0 Å². The minimum atomic E-state index is -0.271. The number of phenols is 4. The topological polar surface area (TPSA) is 130 Å². The summed E-state index contributed by atoms with van der Waals surface area (Å²) in [5.74, 6) is -0.994. The predicted octanol–water partition coefficient (Wildman–Crippen LogP) is 6.49.